The van der Waals surface area contributed by atoms with E-state index in [1.165, 1.54) is 180 Å². The van der Waals surface area contributed by atoms with Crippen molar-refractivity contribution in [2.45, 2.75) is 276 Å². The topological polar surface area (TPSA) is 89.8 Å². The molecule has 0 aromatic rings. The third kappa shape index (κ3) is 42.4. The summed E-state index contributed by atoms with van der Waals surface area (Å²) in [5, 5.41) is 33.6. The molecule has 3 atom stereocenters. The van der Waals surface area contributed by atoms with Gasteiger partial charge in [0, 0.05) is 6.42 Å². The van der Waals surface area contributed by atoms with Crippen LogP contribution in [0, 0.1) is 0 Å². The quantitative estimate of drug-likeness (QED) is 0.0364. The van der Waals surface area contributed by atoms with Gasteiger partial charge in [-0.1, -0.05) is 217 Å². The Morgan fingerprint density at radius 3 is 1.16 bits per heavy atom. The van der Waals surface area contributed by atoms with E-state index in [2.05, 4.69) is 67.8 Å². The van der Waals surface area contributed by atoms with Crippen LogP contribution >= 0.6 is 0 Å². The number of hydrogen-bond donors (Lipinski definition) is 4. The van der Waals surface area contributed by atoms with Gasteiger partial charge in [0.1, 0.15) is 6.10 Å². The SMILES string of the molecule is CCCCCCCC/C=C/CC/C=C/CCCC(O)C(O)C(CO)NC(=O)CCCCCCCCCCCCCCC/C=C\C/C=C\CCCCCCCCCCC. The average molecular weight is 814 g/mol. The molecule has 5 heteroatoms. The zero-order chi connectivity index (χ0) is 42.3. The Bertz CT molecular complexity index is 943. The number of rotatable bonds is 46. The minimum atomic E-state index is -1.17. The molecule has 4 N–H and O–H groups in total. The Morgan fingerprint density at radius 2 is 0.759 bits per heavy atom. The molecule has 58 heavy (non-hydrogen) atoms. The Kier molecular flexibility index (Phi) is 46.6. The molecule has 1 amide bonds. The van der Waals surface area contributed by atoms with Gasteiger partial charge in [0.05, 0.1) is 18.8 Å². The minimum Gasteiger partial charge on any atom is -0.394 e. The molecule has 0 spiro atoms. The molecule has 0 saturated heterocycles. The molecule has 0 aromatic carbocycles. The number of carbonyl (C=O) groups is 1. The summed E-state index contributed by atoms with van der Waals surface area (Å²) < 4.78 is 0. The Hall–Kier alpha value is -1.69. The number of aliphatic hydroxyl groups is 3. The second kappa shape index (κ2) is 48.0. The van der Waals surface area contributed by atoms with Crippen molar-refractivity contribution in [1.82, 2.24) is 5.32 Å². The van der Waals surface area contributed by atoms with Crippen molar-refractivity contribution in [1.29, 1.82) is 0 Å². The first-order chi connectivity index (χ1) is 28.6. The first kappa shape index (κ1) is 56.3. The average Bonchev–Trinajstić information content (AvgIpc) is 3.23. The van der Waals surface area contributed by atoms with Crippen molar-refractivity contribution in [2.75, 3.05) is 6.61 Å². The molecule has 0 saturated carbocycles. The van der Waals surface area contributed by atoms with Gasteiger partial charge in [0.15, 0.2) is 0 Å². The highest BCUT2D eigenvalue weighted by Crippen LogP contribution is 2.15. The Morgan fingerprint density at radius 1 is 0.431 bits per heavy atom. The third-order valence-electron chi connectivity index (χ3n) is 11.6. The lowest BCUT2D eigenvalue weighted by molar-refractivity contribution is -0.124. The molecule has 0 bridgehead atoms. The standard InChI is InChI=1S/C53H99NO4/c1-3-5-7-9-11-13-15-17-19-20-21-22-23-24-25-26-27-28-29-30-31-32-34-36-38-40-42-44-46-48-52(57)54-50(49-55)53(58)51(56)47-45-43-41-39-37-35-33-18-16-14-12-10-8-6-4-2/h18,21-22,24-25,33,39,41,50-51,53,55-56,58H,3-17,19-20,23,26-32,34-38,40,42-49H2,1-2H3,(H,54,57)/b22-21-,25-24-,33-18+,41-39+. The summed E-state index contributed by atoms with van der Waals surface area (Å²) in [4.78, 5) is 12.5. The van der Waals surface area contributed by atoms with Crippen molar-refractivity contribution >= 4 is 5.91 Å². The number of amides is 1. The summed E-state index contributed by atoms with van der Waals surface area (Å²) >= 11 is 0. The number of nitrogens with one attached hydrogen (secondary N) is 1. The fourth-order valence-electron chi connectivity index (χ4n) is 7.68. The van der Waals surface area contributed by atoms with Gasteiger partial charge in [-0.15, -0.1) is 0 Å². The van der Waals surface area contributed by atoms with Crippen LogP contribution in [-0.4, -0.2) is 46.1 Å². The van der Waals surface area contributed by atoms with Gasteiger partial charge in [-0.25, -0.2) is 0 Å². The second-order valence-corrected chi connectivity index (χ2v) is 17.4. The normalized spacial score (nSPS) is 13.8. The predicted molar refractivity (Wildman–Crippen MR) is 254 cm³/mol. The van der Waals surface area contributed by atoms with Gasteiger partial charge in [-0.05, 0) is 83.5 Å². The summed E-state index contributed by atoms with van der Waals surface area (Å²) in [5.74, 6) is -0.159. The number of hydrogen-bond acceptors (Lipinski definition) is 4. The van der Waals surface area contributed by atoms with Crippen LogP contribution in [0.3, 0.4) is 0 Å². The number of aliphatic hydroxyl groups excluding tert-OH is 3. The first-order valence-electron chi connectivity index (χ1n) is 25.4. The first-order valence-corrected chi connectivity index (χ1v) is 25.4. The highest BCUT2D eigenvalue weighted by atomic mass is 16.3. The molecule has 0 heterocycles. The smallest absolute Gasteiger partial charge is 0.220 e. The van der Waals surface area contributed by atoms with Crippen LogP contribution in [0.2, 0.25) is 0 Å². The van der Waals surface area contributed by atoms with Crippen LogP contribution < -0.4 is 5.32 Å². The summed E-state index contributed by atoms with van der Waals surface area (Å²) in [7, 11) is 0. The lowest BCUT2D eigenvalue weighted by atomic mass is 10.0. The van der Waals surface area contributed by atoms with E-state index in [1.807, 2.05) is 0 Å². The van der Waals surface area contributed by atoms with E-state index >= 15 is 0 Å². The minimum absolute atomic E-state index is 0.159. The lowest BCUT2D eigenvalue weighted by Gasteiger charge is -2.26. The predicted octanol–water partition coefficient (Wildman–Crippen LogP) is 15.3. The summed E-state index contributed by atoms with van der Waals surface area (Å²) in [6.07, 6.45) is 62.5. The third-order valence-corrected chi connectivity index (χ3v) is 11.6. The van der Waals surface area contributed by atoms with E-state index in [1.54, 1.807) is 0 Å². The molecule has 0 fully saturated rings. The molecule has 0 aliphatic carbocycles. The van der Waals surface area contributed by atoms with Gasteiger partial charge in [-0.3, -0.25) is 4.79 Å². The number of carbonyl (C=O) groups excluding carboxylic acids is 1. The van der Waals surface area contributed by atoms with Crippen molar-refractivity contribution in [3.63, 3.8) is 0 Å². The van der Waals surface area contributed by atoms with E-state index in [0.29, 0.717) is 12.8 Å². The molecule has 340 valence electrons. The Labute approximate surface area is 361 Å². The fraction of sp³-hybridized carbons (Fsp3) is 0.830. The summed E-state index contributed by atoms with van der Waals surface area (Å²) in [5.41, 5.74) is 0. The number of allylic oxidation sites excluding steroid dienone is 8. The van der Waals surface area contributed by atoms with Crippen molar-refractivity contribution < 1.29 is 20.1 Å². The Balaban J connectivity index is 3.59. The lowest BCUT2D eigenvalue weighted by Crippen LogP contribution is -2.50. The molecule has 0 aromatic heterocycles. The van der Waals surface area contributed by atoms with Crippen LogP contribution in [-0.2, 0) is 4.79 Å². The van der Waals surface area contributed by atoms with Gasteiger partial charge in [0.2, 0.25) is 5.91 Å². The number of unbranched alkanes of at least 4 members (excludes halogenated alkanes) is 30. The zero-order valence-electron chi connectivity index (χ0n) is 38.7. The molecular weight excluding hydrogens is 715 g/mol. The molecular formula is C53H99NO4. The maximum Gasteiger partial charge on any atom is 0.220 e. The largest absolute Gasteiger partial charge is 0.394 e. The van der Waals surface area contributed by atoms with Crippen molar-refractivity contribution in [3.05, 3.63) is 48.6 Å². The summed E-state index contributed by atoms with van der Waals surface area (Å²) in [6, 6.07) is -0.833. The second-order valence-electron chi connectivity index (χ2n) is 17.4. The highest BCUT2D eigenvalue weighted by molar-refractivity contribution is 5.76. The van der Waals surface area contributed by atoms with E-state index in [4.69, 9.17) is 0 Å². The molecule has 0 rings (SSSR count). The zero-order valence-corrected chi connectivity index (χ0v) is 38.7. The van der Waals surface area contributed by atoms with Crippen LogP contribution in [0.5, 0.6) is 0 Å². The van der Waals surface area contributed by atoms with Gasteiger partial charge in [0.25, 0.3) is 0 Å². The maximum absolute atomic E-state index is 12.5. The highest BCUT2D eigenvalue weighted by Gasteiger charge is 2.26. The molecule has 5 nitrogen and oxygen atoms in total. The van der Waals surface area contributed by atoms with Gasteiger partial charge >= 0.3 is 0 Å². The van der Waals surface area contributed by atoms with E-state index < -0.39 is 18.2 Å². The van der Waals surface area contributed by atoms with Crippen molar-refractivity contribution in [2.24, 2.45) is 0 Å². The van der Waals surface area contributed by atoms with Crippen LogP contribution in [0.15, 0.2) is 48.6 Å². The fourth-order valence-corrected chi connectivity index (χ4v) is 7.68. The molecule has 0 aliphatic rings. The molecule has 0 radical (unpaired) electrons. The van der Waals surface area contributed by atoms with Gasteiger partial charge in [-0.2, -0.15) is 0 Å². The summed E-state index contributed by atoms with van der Waals surface area (Å²) in [6.45, 7) is 4.16. The van der Waals surface area contributed by atoms with Crippen LogP contribution in [0.25, 0.3) is 0 Å². The van der Waals surface area contributed by atoms with E-state index in [9.17, 15) is 20.1 Å². The van der Waals surface area contributed by atoms with E-state index in [-0.39, 0.29) is 12.5 Å². The van der Waals surface area contributed by atoms with Crippen molar-refractivity contribution in [3.8, 4) is 0 Å². The van der Waals surface area contributed by atoms with Gasteiger partial charge < -0.3 is 20.6 Å². The van der Waals surface area contributed by atoms with E-state index in [0.717, 1.165) is 51.4 Å². The molecule has 3 unspecified atom stereocenters. The maximum atomic E-state index is 12.5. The van der Waals surface area contributed by atoms with Crippen LogP contribution in [0.4, 0.5) is 0 Å². The van der Waals surface area contributed by atoms with Crippen LogP contribution in [0.1, 0.15) is 258 Å². The molecule has 0 aliphatic heterocycles. The monoisotopic (exact) mass is 814 g/mol.